The molecule has 0 aliphatic heterocycles. The number of carbonyl (C=O) groups is 1. The lowest BCUT2D eigenvalue weighted by Gasteiger charge is -2.16. The molecule has 0 radical (unpaired) electrons. The molecule has 0 atom stereocenters. The second-order valence-electron chi connectivity index (χ2n) is 5.97. The van der Waals surface area contributed by atoms with Gasteiger partial charge in [0.1, 0.15) is 5.69 Å². The number of pyridine rings is 1. The van der Waals surface area contributed by atoms with E-state index in [2.05, 4.69) is 35.4 Å². The SMILES string of the molecule is Cc1cccc(CNc2ccc(C(=O)N(C)c3ccccc3)nc2)c1. The summed E-state index contributed by atoms with van der Waals surface area (Å²) in [5.74, 6) is -0.128. The Bertz CT molecular complexity index is 845. The van der Waals surface area contributed by atoms with Crippen LogP contribution in [0.4, 0.5) is 11.4 Å². The van der Waals surface area contributed by atoms with Crippen LogP contribution in [-0.2, 0) is 6.54 Å². The molecule has 126 valence electrons. The first-order valence-corrected chi connectivity index (χ1v) is 8.22. The van der Waals surface area contributed by atoms with Crippen LogP contribution in [0, 0.1) is 6.92 Å². The van der Waals surface area contributed by atoms with Crippen LogP contribution in [0.2, 0.25) is 0 Å². The number of aromatic nitrogens is 1. The van der Waals surface area contributed by atoms with E-state index in [1.807, 2.05) is 42.5 Å². The quantitative estimate of drug-likeness (QED) is 0.759. The summed E-state index contributed by atoms with van der Waals surface area (Å²) in [4.78, 5) is 18.4. The largest absolute Gasteiger partial charge is 0.380 e. The first-order chi connectivity index (χ1) is 12.1. The molecule has 1 N–H and O–H groups in total. The minimum Gasteiger partial charge on any atom is -0.380 e. The van der Waals surface area contributed by atoms with Gasteiger partial charge in [0.05, 0.1) is 11.9 Å². The summed E-state index contributed by atoms with van der Waals surface area (Å²) in [6.07, 6.45) is 1.70. The van der Waals surface area contributed by atoms with Crippen molar-refractivity contribution in [3.63, 3.8) is 0 Å². The molecule has 25 heavy (non-hydrogen) atoms. The predicted molar refractivity (Wildman–Crippen MR) is 102 cm³/mol. The third kappa shape index (κ3) is 4.23. The number of hydrogen-bond donors (Lipinski definition) is 1. The number of amides is 1. The van der Waals surface area contributed by atoms with Crippen molar-refractivity contribution in [2.24, 2.45) is 0 Å². The summed E-state index contributed by atoms with van der Waals surface area (Å²) < 4.78 is 0. The van der Waals surface area contributed by atoms with E-state index in [0.29, 0.717) is 5.69 Å². The normalized spacial score (nSPS) is 10.3. The number of nitrogens with one attached hydrogen (secondary N) is 1. The van der Waals surface area contributed by atoms with Crippen LogP contribution in [0.5, 0.6) is 0 Å². The van der Waals surface area contributed by atoms with Gasteiger partial charge in [0.2, 0.25) is 0 Å². The number of nitrogens with zero attached hydrogens (tertiary/aromatic N) is 2. The second-order valence-corrected chi connectivity index (χ2v) is 5.97. The van der Waals surface area contributed by atoms with Gasteiger partial charge in [0.15, 0.2) is 0 Å². The van der Waals surface area contributed by atoms with E-state index < -0.39 is 0 Å². The summed E-state index contributed by atoms with van der Waals surface area (Å²) in [5.41, 5.74) is 4.61. The number of carbonyl (C=O) groups excluding carboxylic acids is 1. The van der Waals surface area contributed by atoms with E-state index in [1.54, 1.807) is 24.2 Å². The topological polar surface area (TPSA) is 45.2 Å². The van der Waals surface area contributed by atoms with Crippen molar-refractivity contribution in [1.82, 2.24) is 4.98 Å². The first kappa shape index (κ1) is 16.7. The lowest BCUT2D eigenvalue weighted by molar-refractivity contribution is 0.0988. The maximum atomic E-state index is 12.5. The van der Waals surface area contributed by atoms with Crippen molar-refractivity contribution in [2.45, 2.75) is 13.5 Å². The highest BCUT2D eigenvalue weighted by atomic mass is 16.2. The van der Waals surface area contributed by atoms with Gasteiger partial charge in [-0.15, -0.1) is 0 Å². The second kappa shape index (κ2) is 7.62. The third-order valence-electron chi connectivity index (χ3n) is 4.01. The molecule has 0 bridgehead atoms. The van der Waals surface area contributed by atoms with Crippen LogP contribution in [0.15, 0.2) is 72.9 Å². The average molecular weight is 331 g/mol. The summed E-state index contributed by atoms with van der Waals surface area (Å²) >= 11 is 0. The molecule has 4 nitrogen and oxygen atoms in total. The van der Waals surface area contributed by atoms with Crippen LogP contribution >= 0.6 is 0 Å². The Morgan fingerprint density at radius 2 is 1.84 bits per heavy atom. The molecule has 0 aliphatic rings. The molecule has 1 heterocycles. The zero-order valence-corrected chi connectivity index (χ0v) is 14.4. The van der Waals surface area contributed by atoms with Gasteiger partial charge >= 0.3 is 0 Å². The summed E-state index contributed by atoms with van der Waals surface area (Å²) in [7, 11) is 1.75. The molecule has 0 aliphatic carbocycles. The third-order valence-corrected chi connectivity index (χ3v) is 4.01. The van der Waals surface area contributed by atoms with Gasteiger partial charge in [-0.3, -0.25) is 4.79 Å². The van der Waals surface area contributed by atoms with Crippen LogP contribution in [0.25, 0.3) is 0 Å². The van der Waals surface area contributed by atoms with Gasteiger partial charge in [-0.1, -0.05) is 48.0 Å². The standard InChI is InChI=1S/C21H21N3O/c1-16-7-6-8-17(13-16)14-22-18-11-12-20(23-15-18)21(25)24(2)19-9-4-3-5-10-19/h3-13,15,22H,14H2,1-2H3. The van der Waals surface area contributed by atoms with Crippen LogP contribution < -0.4 is 10.2 Å². The molecule has 3 aromatic rings. The highest BCUT2D eigenvalue weighted by Crippen LogP contribution is 2.15. The molecular weight excluding hydrogens is 310 g/mol. The first-order valence-electron chi connectivity index (χ1n) is 8.22. The number of anilines is 2. The Labute approximate surface area is 148 Å². The Balaban J connectivity index is 1.64. The molecule has 0 unspecified atom stereocenters. The van der Waals surface area contributed by atoms with Gasteiger partial charge in [-0.2, -0.15) is 0 Å². The minimum absolute atomic E-state index is 0.128. The fourth-order valence-corrected chi connectivity index (χ4v) is 2.59. The molecule has 0 saturated carbocycles. The van der Waals surface area contributed by atoms with E-state index in [0.717, 1.165) is 17.9 Å². The molecule has 3 rings (SSSR count). The van der Waals surface area contributed by atoms with E-state index in [-0.39, 0.29) is 5.91 Å². The van der Waals surface area contributed by atoms with Crippen molar-refractivity contribution < 1.29 is 4.79 Å². The average Bonchev–Trinajstić information content (AvgIpc) is 2.66. The smallest absolute Gasteiger partial charge is 0.276 e. The Kier molecular flexibility index (Phi) is 5.09. The molecule has 0 fully saturated rings. The molecule has 1 amide bonds. The Morgan fingerprint density at radius 3 is 2.52 bits per heavy atom. The van der Waals surface area contributed by atoms with Gasteiger partial charge in [0, 0.05) is 19.3 Å². The zero-order valence-electron chi connectivity index (χ0n) is 14.4. The van der Waals surface area contributed by atoms with E-state index >= 15 is 0 Å². The van der Waals surface area contributed by atoms with E-state index in [4.69, 9.17) is 0 Å². The maximum absolute atomic E-state index is 12.5. The van der Waals surface area contributed by atoms with Crippen molar-refractivity contribution >= 4 is 17.3 Å². The van der Waals surface area contributed by atoms with Crippen molar-refractivity contribution in [3.05, 3.63) is 89.7 Å². The van der Waals surface area contributed by atoms with Crippen molar-refractivity contribution in [1.29, 1.82) is 0 Å². The fourth-order valence-electron chi connectivity index (χ4n) is 2.59. The predicted octanol–water partition coefficient (Wildman–Crippen LogP) is 4.28. The van der Waals surface area contributed by atoms with Crippen molar-refractivity contribution in [2.75, 3.05) is 17.3 Å². The van der Waals surface area contributed by atoms with Crippen LogP contribution in [0.1, 0.15) is 21.6 Å². The molecule has 2 aromatic carbocycles. The Hall–Kier alpha value is -3.14. The van der Waals surface area contributed by atoms with Gasteiger partial charge < -0.3 is 10.2 Å². The molecular formula is C21H21N3O. The van der Waals surface area contributed by atoms with Gasteiger partial charge in [-0.05, 0) is 36.8 Å². The maximum Gasteiger partial charge on any atom is 0.276 e. The van der Waals surface area contributed by atoms with Crippen LogP contribution in [-0.4, -0.2) is 17.9 Å². The summed E-state index contributed by atoms with van der Waals surface area (Å²) in [6.45, 7) is 2.80. The summed E-state index contributed by atoms with van der Waals surface area (Å²) in [5, 5.41) is 3.33. The Morgan fingerprint density at radius 1 is 1.04 bits per heavy atom. The van der Waals surface area contributed by atoms with Gasteiger partial charge in [-0.25, -0.2) is 4.98 Å². The van der Waals surface area contributed by atoms with E-state index in [1.165, 1.54) is 11.1 Å². The zero-order chi connectivity index (χ0) is 17.6. The van der Waals surface area contributed by atoms with Crippen LogP contribution in [0.3, 0.4) is 0 Å². The number of para-hydroxylation sites is 1. The number of rotatable bonds is 5. The molecule has 4 heteroatoms. The number of benzene rings is 2. The molecule has 0 saturated heterocycles. The van der Waals surface area contributed by atoms with E-state index in [9.17, 15) is 4.79 Å². The highest BCUT2D eigenvalue weighted by Gasteiger charge is 2.14. The monoisotopic (exact) mass is 331 g/mol. The minimum atomic E-state index is -0.128. The highest BCUT2D eigenvalue weighted by molar-refractivity contribution is 6.04. The summed E-state index contributed by atoms with van der Waals surface area (Å²) in [6, 6.07) is 21.5. The number of aryl methyl sites for hydroxylation is 1. The lowest BCUT2D eigenvalue weighted by atomic mass is 10.1. The fraction of sp³-hybridized carbons (Fsp3) is 0.143. The number of hydrogen-bond acceptors (Lipinski definition) is 3. The molecule has 1 aromatic heterocycles. The van der Waals surface area contributed by atoms with Crippen molar-refractivity contribution in [3.8, 4) is 0 Å². The van der Waals surface area contributed by atoms with Gasteiger partial charge in [0.25, 0.3) is 5.91 Å². The lowest BCUT2D eigenvalue weighted by Crippen LogP contribution is -2.26. The molecule has 0 spiro atoms.